The van der Waals surface area contributed by atoms with E-state index in [4.69, 9.17) is 14.2 Å². The number of benzene rings is 1. The highest BCUT2D eigenvalue weighted by Gasteiger charge is 1.96. The SMILES string of the molecule is COCCNCCCOc1cccc(COC)c1. The van der Waals surface area contributed by atoms with Crippen LogP contribution >= 0.6 is 0 Å². The Morgan fingerprint density at radius 2 is 1.94 bits per heavy atom. The third-order valence-electron chi connectivity index (χ3n) is 2.46. The Balaban J connectivity index is 2.13. The molecule has 0 heterocycles. The Morgan fingerprint density at radius 3 is 2.72 bits per heavy atom. The molecule has 0 saturated heterocycles. The third kappa shape index (κ3) is 6.59. The average molecular weight is 253 g/mol. The van der Waals surface area contributed by atoms with Crippen molar-refractivity contribution in [1.29, 1.82) is 0 Å². The molecule has 0 atom stereocenters. The Kier molecular flexibility index (Phi) is 8.21. The first-order valence-corrected chi connectivity index (χ1v) is 6.27. The predicted molar refractivity (Wildman–Crippen MR) is 72.0 cm³/mol. The van der Waals surface area contributed by atoms with Crippen LogP contribution in [0.1, 0.15) is 12.0 Å². The molecule has 0 bridgehead atoms. The number of hydrogen-bond donors (Lipinski definition) is 1. The van der Waals surface area contributed by atoms with Gasteiger partial charge < -0.3 is 19.5 Å². The van der Waals surface area contributed by atoms with Gasteiger partial charge in [-0.15, -0.1) is 0 Å². The van der Waals surface area contributed by atoms with E-state index in [0.717, 1.165) is 44.0 Å². The highest BCUT2D eigenvalue weighted by molar-refractivity contribution is 5.28. The standard InChI is InChI=1S/C14H23NO3/c1-16-10-8-15-7-4-9-18-14-6-3-5-13(11-14)12-17-2/h3,5-6,11,15H,4,7-10,12H2,1-2H3. The van der Waals surface area contributed by atoms with Gasteiger partial charge in [-0.2, -0.15) is 0 Å². The van der Waals surface area contributed by atoms with Crippen LogP contribution in [-0.4, -0.2) is 40.5 Å². The summed E-state index contributed by atoms with van der Waals surface area (Å²) in [6.07, 6.45) is 0.984. The van der Waals surface area contributed by atoms with E-state index in [1.54, 1.807) is 14.2 Å². The fourth-order valence-electron chi connectivity index (χ4n) is 1.58. The van der Waals surface area contributed by atoms with Crippen molar-refractivity contribution >= 4 is 0 Å². The number of ether oxygens (including phenoxy) is 3. The average Bonchev–Trinajstić information content (AvgIpc) is 2.39. The largest absolute Gasteiger partial charge is 0.494 e. The first-order chi connectivity index (χ1) is 8.86. The van der Waals surface area contributed by atoms with Crippen LogP contribution in [0, 0.1) is 0 Å². The van der Waals surface area contributed by atoms with Crippen molar-refractivity contribution in [3.8, 4) is 5.75 Å². The van der Waals surface area contributed by atoms with Gasteiger partial charge in [-0.25, -0.2) is 0 Å². The summed E-state index contributed by atoms with van der Waals surface area (Å²) in [4.78, 5) is 0. The van der Waals surface area contributed by atoms with E-state index in [1.165, 1.54) is 0 Å². The van der Waals surface area contributed by atoms with Gasteiger partial charge in [0.1, 0.15) is 5.75 Å². The van der Waals surface area contributed by atoms with Crippen LogP contribution in [0.2, 0.25) is 0 Å². The number of hydrogen-bond acceptors (Lipinski definition) is 4. The molecule has 4 nitrogen and oxygen atoms in total. The summed E-state index contributed by atoms with van der Waals surface area (Å²) in [5.74, 6) is 0.904. The molecule has 18 heavy (non-hydrogen) atoms. The first kappa shape index (κ1) is 15.0. The van der Waals surface area contributed by atoms with Crippen LogP contribution in [0.15, 0.2) is 24.3 Å². The zero-order valence-corrected chi connectivity index (χ0v) is 11.3. The van der Waals surface area contributed by atoms with Crippen LogP contribution in [-0.2, 0) is 16.1 Å². The molecular weight excluding hydrogens is 230 g/mol. The summed E-state index contributed by atoms with van der Waals surface area (Å²) in [7, 11) is 3.40. The summed E-state index contributed by atoms with van der Waals surface area (Å²) in [6, 6.07) is 8.00. The van der Waals surface area contributed by atoms with Gasteiger partial charge in [0.15, 0.2) is 0 Å². The van der Waals surface area contributed by atoms with E-state index in [-0.39, 0.29) is 0 Å². The second-order valence-electron chi connectivity index (χ2n) is 4.03. The van der Waals surface area contributed by atoms with Crippen molar-refractivity contribution in [2.24, 2.45) is 0 Å². The molecule has 0 aliphatic rings. The normalized spacial score (nSPS) is 10.6. The second kappa shape index (κ2) is 9.88. The summed E-state index contributed by atoms with van der Waals surface area (Å²) in [5.41, 5.74) is 1.13. The van der Waals surface area contributed by atoms with Crippen LogP contribution in [0.4, 0.5) is 0 Å². The highest BCUT2D eigenvalue weighted by atomic mass is 16.5. The molecule has 1 aromatic rings. The van der Waals surface area contributed by atoms with Crippen molar-refractivity contribution in [2.75, 3.05) is 40.5 Å². The van der Waals surface area contributed by atoms with Gasteiger partial charge >= 0.3 is 0 Å². The molecule has 0 unspecified atom stereocenters. The molecule has 0 spiro atoms. The van der Waals surface area contributed by atoms with Gasteiger partial charge in [0.2, 0.25) is 0 Å². The lowest BCUT2D eigenvalue weighted by molar-refractivity contribution is 0.184. The van der Waals surface area contributed by atoms with E-state index in [2.05, 4.69) is 5.32 Å². The van der Waals surface area contributed by atoms with Crippen molar-refractivity contribution in [3.63, 3.8) is 0 Å². The molecule has 0 aromatic heterocycles. The summed E-state index contributed by atoms with van der Waals surface area (Å²) >= 11 is 0. The quantitative estimate of drug-likeness (QED) is 0.646. The highest BCUT2D eigenvalue weighted by Crippen LogP contribution is 2.13. The van der Waals surface area contributed by atoms with Crippen LogP contribution < -0.4 is 10.1 Å². The maximum atomic E-state index is 5.67. The first-order valence-electron chi connectivity index (χ1n) is 6.27. The van der Waals surface area contributed by atoms with E-state index in [9.17, 15) is 0 Å². The molecule has 1 N–H and O–H groups in total. The summed E-state index contributed by atoms with van der Waals surface area (Å²) < 4.78 is 15.7. The van der Waals surface area contributed by atoms with Crippen molar-refractivity contribution in [2.45, 2.75) is 13.0 Å². The van der Waals surface area contributed by atoms with Crippen molar-refractivity contribution in [3.05, 3.63) is 29.8 Å². The van der Waals surface area contributed by atoms with Crippen molar-refractivity contribution in [1.82, 2.24) is 5.32 Å². The van der Waals surface area contributed by atoms with Gasteiger partial charge in [-0.3, -0.25) is 0 Å². The number of rotatable bonds is 10. The summed E-state index contributed by atoms with van der Waals surface area (Å²) in [6.45, 7) is 3.92. The maximum absolute atomic E-state index is 5.67. The minimum absolute atomic E-state index is 0.621. The fourth-order valence-corrected chi connectivity index (χ4v) is 1.58. The Hall–Kier alpha value is -1.10. The number of methoxy groups -OCH3 is 2. The van der Waals surface area contributed by atoms with Crippen LogP contribution in [0.25, 0.3) is 0 Å². The Bertz CT molecular complexity index is 318. The summed E-state index contributed by atoms with van der Waals surface area (Å²) in [5, 5.41) is 3.28. The van der Waals surface area contributed by atoms with Gasteiger partial charge in [0, 0.05) is 20.8 Å². The second-order valence-corrected chi connectivity index (χ2v) is 4.03. The fraction of sp³-hybridized carbons (Fsp3) is 0.571. The van der Waals surface area contributed by atoms with Gasteiger partial charge in [-0.1, -0.05) is 12.1 Å². The minimum atomic E-state index is 0.621. The lowest BCUT2D eigenvalue weighted by atomic mass is 10.2. The maximum Gasteiger partial charge on any atom is 0.119 e. The molecule has 1 rings (SSSR count). The number of nitrogens with one attached hydrogen (secondary N) is 1. The molecule has 4 heteroatoms. The zero-order valence-electron chi connectivity index (χ0n) is 11.3. The monoisotopic (exact) mass is 253 g/mol. The Labute approximate surface area is 109 Å². The van der Waals surface area contributed by atoms with E-state index < -0.39 is 0 Å². The van der Waals surface area contributed by atoms with Crippen molar-refractivity contribution < 1.29 is 14.2 Å². The van der Waals surface area contributed by atoms with Crippen LogP contribution in [0.5, 0.6) is 5.75 Å². The predicted octanol–water partition coefficient (Wildman–Crippen LogP) is 1.84. The molecule has 0 radical (unpaired) electrons. The van der Waals surface area contributed by atoms with Gasteiger partial charge in [0.25, 0.3) is 0 Å². The molecule has 0 saturated carbocycles. The zero-order chi connectivity index (χ0) is 13.1. The lowest BCUT2D eigenvalue weighted by Gasteiger charge is -2.08. The van der Waals surface area contributed by atoms with Gasteiger partial charge in [-0.05, 0) is 30.7 Å². The van der Waals surface area contributed by atoms with Crippen LogP contribution in [0.3, 0.4) is 0 Å². The third-order valence-corrected chi connectivity index (χ3v) is 2.46. The molecule has 0 amide bonds. The topological polar surface area (TPSA) is 39.7 Å². The smallest absolute Gasteiger partial charge is 0.119 e. The molecule has 0 aliphatic carbocycles. The molecular formula is C14H23NO3. The lowest BCUT2D eigenvalue weighted by Crippen LogP contribution is -2.21. The van der Waals surface area contributed by atoms with E-state index >= 15 is 0 Å². The van der Waals surface area contributed by atoms with E-state index in [1.807, 2.05) is 24.3 Å². The van der Waals surface area contributed by atoms with E-state index in [0.29, 0.717) is 6.61 Å². The molecule has 0 fully saturated rings. The molecule has 1 aromatic carbocycles. The molecule has 0 aliphatic heterocycles. The Morgan fingerprint density at radius 1 is 1.06 bits per heavy atom. The minimum Gasteiger partial charge on any atom is -0.494 e. The van der Waals surface area contributed by atoms with Gasteiger partial charge in [0.05, 0.1) is 19.8 Å². The molecule has 102 valence electrons.